The van der Waals surface area contributed by atoms with Crippen molar-refractivity contribution >= 4 is 33.2 Å². The quantitative estimate of drug-likeness (QED) is 0.604. The van der Waals surface area contributed by atoms with Crippen LogP contribution in [0, 0.1) is 20.8 Å². The number of thiazole rings is 1. The zero-order valence-electron chi connectivity index (χ0n) is 17.1. The Labute approximate surface area is 186 Å². The SMILES string of the molecule is Cc1nc(-c2c(C)c(C)nn(C)c2=O)sc1C(=O)NC1CCOc2ccc(Br)cc21. The molecule has 0 saturated carbocycles. The number of fused-ring (bicyclic) bond motifs is 1. The molecule has 7 nitrogen and oxygen atoms in total. The van der Waals surface area contributed by atoms with Crippen molar-refractivity contribution in [1.82, 2.24) is 20.1 Å². The molecular weight excluding hydrogens is 468 g/mol. The van der Waals surface area contributed by atoms with Gasteiger partial charge >= 0.3 is 0 Å². The van der Waals surface area contributed by atoms with E-state index in [1.54, 1.807) is 14.0 Å². The average molecular weight is 489 g/mol. The van der Waals surface area contributed by atoms with E-state index in [0.29, 0.717) is 34.2 Å². The second kappa shape index (κ2) is 7.96. The summed E-state index contributed by atoms with van der Waals surface area (Å²) >= 11 is 4.72. The van der Waals surface area contributed by atoms with E-state index in [9.17, 15) is 9.59 Å². The van der Waals surface area contributed by atoms with Crippen molar-refractivity contribution in [3.8, 4) is 16.3 Å². The molecular formula is C21H21BrN4O3S. The van der Waals surface area contributed by atoms with E-state index < -0.39 is 0 Å². The van der Waals surface area contributed by atoms with Crippen LogP contribution >= 0.6 is 27.3 Å². The first-order valence-electron chi connectivity index (χ1n) is 9.51. The minimum absolute atomic E-state index is 0.151. The molecule has 0 aliphatic carbocycles. The molecule has 156 valence electrons. The highest BCUT2D eigenvalue weighted by molar-refractivity contribution is 9.10. The summed E-state index contributed by atoms with van der Waals surface area (Å²) < 4.78 is 7.95. The molecule has 3 heterocycles. The van der Waals surface area contributed by atoms with Crippen molar-refractivity contribution in [2.45, 2.75) is 33.2 Å². The molecule has 0 fully saturated rings. The van der Waals surface area contributed by atoms with Gasteiger partial charge in [-0.1, -0.05) is 15.9 Å². The molecule has 1 atom stereocenters. The standard InChI is InChI=1S/C21H21BrN4O3S/c1-10-11(2)25-26(4)21(28)17(10)20-23-12(3)18(30-20)19(27)24-15-7-8-29-16-6-5-13(22)9-14(15)16/h5-6,9,15H,7-8H2,1-4H3,(H,24,27). The van der Waals surface area contributed by atoms with E-state index in [2.05, 4.69) is 31.3 Å². The van der Waals surface area contributed by atoms with Gasteiger partial charge in [0.25, 0.3) is 11.5 Å². The average Bonchev–Trinajstić information content (AvgIpc) is 3.08. The minimum atomic E-state index is -0.220. The second-order valence-corrected chi connectivity index (χ2v) is 9.21. The van der Waals surface area contributed by atoms with Crippen LogP contribution < -0.4 is 15.6 Å². The topological polar surface area (TPSA) is 86.1 Å². The molecule has 4 rings (SSSR count). The number of benzene rings is 1. The van der Waals surface area contributed by atoms with E-state index in [1.165, 1.54) is 16.0 Å². The van der Waals surface area contributed by atoms with Crippen LogP contribution in [0.1, 0.15) is 44.6 Å². The number of aryl methyl sites for hydroxylation is 3. The molecule has 1 aliphatic rings. The monoisotopic (exact) mass is 488 g/mol. The molecule has 0 spiro atoms. The lowest BCUT2D eigenvalue weighted by atomic mass is 10.0. The van der Waals surface area contributed by atoms with Gasteiger partial charge in [-0.25, -0.2) is 9.67 Å². The molecule has 1 aliphatic heterocycles. The Kier molecular flexibility index (Phi) is 5.50. The number of aromatic nitrogens is 3. The number of nitrogens with zero attached hydrogens (tertiary/aromatic N) is 3. The number of halogens is 1. The lowest BCUT2D eigenvalue weighted by Gasteiger charge is -2.26. The molecule has 9 heteroatoms. The first kappa shape index (κ1) is 20.7. The van der Waals surface area contributed by atoms with Gasteiger partial charge in [-0.2, -0.15) is 5.10 Å². The van der Waals surface area contributed by atoms with Gasteiger partial charge < -0.3 is 10.1 Å². The van der Waals surface area contributed by atoms with Crippen molar-refractivity contribution in [1.29, 1.82) is 0 Å². The molecule has 1 amide bonds. The number of ether oxygens (including phenoxy) is 1. The maximum absolute atomic E-state index is 13.1. The van der Waals surface area contributed by atoms with E-state index in [1.807, 2.05) is 32.0 Å². The highest BCUT2D eigenvalue weighted by atomic mass is 79.9. The third kappa shape index (κ3) is 3.67. The minimum Gasteiger partial charge on any atom is -0.493 e. The largest absolute Gasteiger partial charge is 0.493 e. The Balaban J connectivity index is 1.67. The number of carbonyl (C=O) groups excluding carboxylic acids is 1. The molecule has 1 N–H and O–H groups in total. The molecule has 0 radical (unpaired) electrons. The number of hydrogen-bond donors (Lipinski definition) is 1. The van der Waals surface area contributed by atoms with Gasteiger partial charge in [0.05, 0.1) is 29.6 Å². The second-order valence-electron chi connectivity index (χ2n) is 7.29. The lowest BCUT2D eigenvalue weighted by molar-refractivity contribution is 0.0928. The number of carbonyl (C=O) groups is 1. The third-order valence-electron chi connectivity index (χ3n) is 5.26. The fraction of sp³-hybridized carbons (Fsp3) is 0.333. The summed E-state index contributed by atoms with van der Waals surface area (Å²) in [7, 11) is 1.62. The molecule has 3 aromatic rings. The highest BCUT2D eigenvalue weighted by Gasteiger charge is 2.26. The number of hydrogen-bond acceptors (Lipinski definition) is 6. The van der Waals surface area contributed by atoms with Crippen LogP contribution in [0.3, 0.4) is 0 Å². The Hall–Kier alpha value is -2.52. The summed E-state index contributed by atoms with van der Waals surface area (Å²) in [6, 6.07) is 5.64. The number of rotatable bonds is 3. The maximum Gasteiger partial charge on any atom is 0.277 e. The number of nitrogens with one attached hydrogen (secondary N) is 1. The van der Waals surface area contributed by atoms with Gasteiger partial charge in [0.15, 0.2) is 0 Å². The van der Waals surface area contributed by atoms with E-state index >= 15 is 0 Å². The van der Waals surface area contributed by atoms with Crippen molar-refractivity contribution in [3.63, 3.8) is 0 Å². The van der Waals surface area contributed by atoms with Crippen LogP contribution in [0.25, 0.3) is 10.6 Å². The summed E-state index contributed by atoms with van der Waals surface area (Å²) in [5.74, 6) is 0.581. The van der Waals surface area contributed by atoms with Crippen LogP contribution in [0.15, 0.2) is 27.5 Å². The normalized spacial score (nSPS) is 15.4. The zero-order valence-corrected chi connectivity index (χ0v) is 19.5. The van der Waals surface area contributed by atoms with Crippen LogP contribution in [0.2, 0.25) is 0 Å². The summed E-state index contributed by atoms with van der Waals surface area (Å²) in [5.41, 5.74) is 3.36. The summed E-state index contributed by atoms with van der Waals surface area (Å²) in [5, 5.41) is 7.86. The van der Waals surface area contributed by atoms with Gasteiger partial charge in [0.1, 0.15) is 15.6 Å². The predicted octanol–water partition coefficient (Wildman–Crippen LogP) is 3.85. The predicted molar refractivity (Wildman–Crippen MR) is 119 cm³/mol. The van der Waals surface area contributed by atoms with E-state index in [-0.39, 0.29) is 17.5 Å². The molecule has 2 aromatic heterocycles. The first-order valence-corrected chi connectivity index (χ1v) is 11.1. The van der Waals surface area contributed by atoms with Gasteiger partial charge in [0, 0.05) is 23.5 Å². The fourth-order valence-corrected chi connectivity index (χ4v) is 5.00. The molecule has 0 saturated heterocycles. The Morgan fingerprint density at radius 1 is 1.30 bits per heavy atom. The molecule has 0 bridgehead atoms. The number of amides is 1. The van der Waals surface area contributed by atoms with Crippen molar-refractivity contribution in [3.05, 3.63) is 60.4 Å². The molecule has 1 aromatic carbocycles. The third-order valence-corrected chi connectivity index (χ3v) is 6.93. The van der Waals surface area contributed by atoms with E-state index in [4.69, 9.17) is 4.74 Å². The van der Waals surface area contributed by atoms with Crippen molar-refractivity contribution < 1.29 is 9.53 Å². The van der Waals surface area contributed by atoms with Gasteiger partial charge in [-0.15, -0.1) is 11.3 Å². The van der Waals surface area contributed by atoms with Crippen molar-refractivity contribution in [2.75, 3.05) is 6.61 Å². The summed E-state index contributed by atoms with van der Waals surface area (Å²) in [6.07, 6.45) is 0.684. The Morgan fingerprint density at radius 3 is 2.83 bits per heavy atom. The van der Waals surface area contributed by atoms with Gasteiger partial charge in [0.2, 0.25) is 0 Å². The molecule has 1 unspecified atom stereocenters. The Morgan fingerprint density at radius 2 is 2.07 bits per heavy atom. The highest BCUT2D eigenvalue weighted by Crippen LogP contribution is 2.35. The summed E-state index contributed by atoms with van der Waals surface area (Å²) in [6.45, 7) is 6.04. The molecule has 30 heavy (non-hydrogen) atoms. The smallest absolute Gasteiger partial charge is 0.277 e. The van der Waals surface area contributed by atoms with Gasteiger partial charge in [-0.3, -0.25) is 9.59 Å². The fourth-order valence-electron chi connectivity index (χ4n) is 3.55. The summed E-state index contributed by atoms with van der Waals surface area (Å²) in [4.78, 5) is 30.8. The van der Waals surface area contributed by atoms with Crippen LogP contribution in [-0.2, 0) is 7.05 Å². The van der Waals surface area contributed by atoms with Crippen LogP contribution in [0.5, 0.6) is 5.75 Å². The Bertz CT molecular complexity index is 1220. The first-order chi connectivity index (χ1) is 14.3. The maximum atomic E-state index is 13.1. The van der Waals surface area contributed by atoms with Crippen LogP contribution in [0.4, 0.5) is 0 Å². The van der Waals surface area contributed by atoms with Crippen molar-refractivity contribution in [2.24, 2.45) is 7.05 Å². The van der Waals surface area contributed by atoms with Crippen LogP contribution in [-0.4, -0.2) is 27.3 Å². The van der Waals surface area contributed by atoms with E-state index in [0.717, 1.165) is 27.0 Å². The van der Waals surface area contributed by atoms with Gasteiger partial charge in [-0.05, 0) is 44.5 Å². The lowest BCUT2D eigenvalue weighted by Crippen LogP contribution is -2.32. The zero-order chi connectivity index (χ0) is 21.6.